The summed E-state index contributed by atoms with van der Waals surface area (Å²) in [5, 5.41) is 18.8. The fraction of sp³-hybridized carbons (Fsp3) is 0.556. The molecule has 68 valence electrons. The monoisotopic (exact) mass is 170 g/mol. The van der Waals surface area contributed by atoms with Gasteiger partial charge in [0.1, 0.15) is 11.9 Å². The molecule has 0 aliphatic carbocycles. The molecule has 0 saturated carbocycles. The van der Waals surface area contributed by atoms with Crippen LogP contribution >= 0.6 is 0 Å². The Balaban J connectivity index is 2.53. The van der Waals surface area contributed by atoms with E-state index in [0.717, 1.165) is 6.42 Å². The maximum absolute atomic E-state index is 9.47. The van der Waals surface area contributed by atoms with Gasteiger partial charge in [-0.15, -0.1) is 0 Å². The summed E-state index contributed by atoms with van der Waals surface area (Å²) in [7, 11) is 0. The van der Waals surface area contributed by atoms with Crippen LogP contribution in [-0.2, 0) is 0 Å². The summed E-state index contributed by atoms with van der Waals surface area (Å²) < 4.78 is 4.95. The van der Waals surface area contributed by atoms with Crippen molar-refractivity contribution in [2.45, 2.75) is 32.0 Å². The molecule has 0 saturated heterocycles. The van der Waals surface area contributed by atoms with Crippen LogP contribution in [0.2, 0.25) is 0 Å². The van der Waals surface area contributed by atoms with Crippen molar-refractivity contribution in [2.75, 3.05) is 0 Å². The van der Waals surface area contributed by atoms with E-state index in [0.29, 0.717) is 12.2 Å². The van der Waals surface area contributed by atoms with E-state index in [-0.39, 0.29) is 0 Å². The second-order valence-electron chi connectivity index (χ2n) is 2.82. The minimum Gasteiger partial charge on any atom is -0.466 e. The Kier molecular flexibility index (Phi) is 3.31. The Bertz CT molecular complexity index is 206. The zero-order chi connectivity index (χ0) is 8.97. The van der Waals surface area contributed by atoms with Crippen LogP contribution in [-0.4, -0.2) is 16.3 Å². The quantitative estimate of drug-likeness (QED) is 0.719. The average molecular weight is 170 g/mol. The molecule has 0 aliphatic rings. The van der Waals surface area contributed by atoms with Gasteiger partial charge in [-0.2, -0.15) is 0 Å². The zero-order valence-electron chi connectivity index (χ0n) is 7.10. The number of hydrogen-bond donors (Lipinski definition) is 2. The van der Waals surface area contributed by atoms with Crippen molar-refractivity contribution in [3.05, 3.63) is 24.2 Å². The largest absolute Gasteiger partial charge is 0.466 e. The van der Waals surface area contributed by atoms with Gasteiger partial charge in [0.25, 0.3) is 0 Å². The number of hydrogen-bond acceptors (Lipinski definition) is 3. The lowest BCUT2D eigenvalue weighted by atomic mass is 10.1. The molecule has 0 amide bonds. The van der Waals surface area contributed by atoms with Gasteiger partial charge in [-0.25, -0.2) is 0 Å². The molecule has 3 nitrogen and oxygen atoms in total. The first-order valence-corrected chi connectivity index (χ1v) is 4.15. The maximum atomic E-state index is 9.47. The predicted octanol–water partition coefficient (Wildman–Crippen LogP) is 1.47. The first-order valence-electron chi connectivity index (χ1n) is 4.15. The van der Waals surface area contributed by atoms with Gasteiger partial charge in [-0.3, -0.25) is 0 Å². The highest BCUT2D eigenvalue weighted by Gasteiger charge is 2.19. The smallest absolute Gasteiger partial charge is 0.137 e. The summed E-state index contributed by atoms with van der Waals surface area (Å²) >= 11 is 0. The molecule has 0 aromatic carbocycles. The topological polar surface area (TPSA) is 53.6 Å². The Morgan fingerprint density at radius 1 is 1.50 bits per heavy atom. The van der Waals surface area contributed by atoms with Gasteiger partial charge < -0.3 is 14.6 Å². The third-order valence-electron chi connectivity index (χ3n) is 1.78. The number of furan rings is 1. The minimum atomic E-state index is -0.889. The van der Waals surface area contributed by atoms with E-state index >= 15 is 0 Å². The molecular weight excluding hydrogens is 156 g/mol. The fourth-order valence-electron chi connectivity index (χ4n) is 1.10. The van der Waals surface area contributed by atoms with Crippen molar-refractivity contribution in [1.82, 2.24) is 0 Å². The van der Waals surface area contributed by atoms with Crippen LogP contribution < -0.4 is 0 Å². The van der Waals surface area contributed by atoms with Crippen molar-refractivity contribution >= 4 is 0 Å². The van der Waals surface area contributed by atoms with Crippen LogP contribution in [0.15, 0.2) is 22.8 Å². The lowest BCUT2D eigenvalue weighted by molar-refractivity contribution is 0.000660. The van der Waals surface area contributed by atoms with E-state index in [2.05, 4.69) is 0 Å². The van der Waals surface area contributed by atoms with Crippen LogP contribution in [0.25, 0.3) is 0 Å². The highest BCUT2D eigenvalue weighted by molar-refractivity contribution is 5.03. The zero-order valence-corrected chi connectivity index (χ0v) is 7.10. The standard InChI is InChI=1S/C9H14O3/c1-2-4-7(10)9(11)8-5-3-6-12-8/h3,5-7,9-11H,2,4H2,1H3. The molecule has 2 atom stereocenters. The number of aliphatic hydroxyl groups is 2. The molecule has 12 heavy (non-hydrogen) atoms. The van der Waals surface area contributed by atoms with Crippen molar-refractivity contribution in [2.24, 2.45) is 0 Å². The van der Waals surface area contributed by atoms with Crippen molar-refractivity contribution in [3.8, 4) is 0 Å². The van der Waals surface area contributed by atoms with E-state index in [4.69, 9.17) is 4.42 Å². The number of aliphatic hydroxyl groups excluding tert-OH is 2. The van der Waals surface area contributed by atoms with Crippen LogP contribution in [0.3, 0.4) is 0 Å². The predicted molar refractivity (Wildman–Crippen MR) is 44.6 cm³/mol. The molecule has 2 N–H and O–H groups in total. The lowest BCUT2D eigenvalue weighted by Crippen LogP contribution is -2.17. The third-order valence-corrected chi connectivity index (χ3v) is 1.78. The summed E-state index contributed by atoms with van der Waals surface area (Å²) in [6.45, 7) is 1.96. The van der Waals surface area contributed by atoms with Crippen molar-refractivity contribution < 1.29 is 14.6 Å². The van der Waals surface area contributed by atoms with Gasteiger partial charge in [0.2, 0.25) is 0 Å². The molecule has 1 heterocycles. The average Bonchev–Trinajstić information content (AvgIpc) is 2.55. The minimum absolute atomic E-state index is 0.427. The van der Waals surface area contributed by atoms with Crippen LogP contribution in [0.5, 0.6) is 0 Å². The van der Waals surface area contributed by atoms with Gasteiger partial charge >= 0.3 is 0 Å². The van der Waals surface area contributed by atoms with E-state index < -0.39 is 12.2 Å². The SMILES string of the molecule is CCCC(O)C(O)c1ccco1. The van der Waals surface area contributed by atoms with Gasteiger partial charge in [-0.1, -0.05) is 13.3 Å². The second-order valence-corrected chi connectivity index (χ2v) is 2.82. The molecule has 3 heteroatoms. The summed E-state index contributed by atoms with van der Waals surface area (Å²) in [6.07, 6.45) is 1.30. The van der Waals surface area contributed by atoms with E-state index in [1.165, 1.54) is 6.26 Å². The van der Waals surface area contributed by atoms with Gasteiger partial charge in [0.15, 0.2) is 0 Å². The highest BCUT2D eigenvalue weighted by atomic mass is 16.4. The van der Waals surface area contributed by atoms with E-state index in [1.54, 1.807) is 12.1 Å². The second kappa shape index (κ2) is 4.28. The summed E-state index contributed by atoms with van der Waals surface area (Å²) in [5.41, 5.74) is 0. The molecule has 0 aliphatic heterocycles. The van der Waals surface area contributed by atoms with E-state index in [9.17, 15) is 10.2 Å². The maximum Gasteiger partial charge on any atom is 0.137 e. The lowest BCUT2D eigenvalue weighted by Gasteiger charge is -2.14. The fourth-order valence-corrected chi connectivity index (χ4v) is 1.10. The molecule has 2 unspecified atom stereocenters. The van der Waals surface area contributed by atoms with Gasteiger partial charge in [-0.05, 0) is 18.6 Å². The molecule has 0 radical (unpaired) electrons. The molecule has 0 bridgehead atoms. The van der Waals surface area contributed by atoms with Gasteiger partial charge in [0, 0.05) is 0 Å². The Labute approximate surface area is 71.6 Å². The van der Waals surface area contributed by atoms with Gasteiger partial charge in [0.05, 0.1) is 12.4 Å². The first kappa shape index (κ1) is 9.29. The Morgan fingerprint density at radius 2 is 2.25 bits per heavy atom. The first-order chi connectivity index (χ1) is 5.75. The summed E-state index contributed by atoms with van der Waals surface area (Å²) in [6, 6.07) is 3.35. The van der Waals surface area contributed by atoms with Crippen LogP contribution in [0, 0.1) is 0 Å². The molecule has 1 aromatic heterocycles. The molecular formula is C9H14O3. The summed E-state index contributed by atoms with van der Waals surface area (Å²) in [4.78, 5) is 0. The van der Waals surface area contributed by atoms with Crippen LogP contribution in [0.1, 0.15) is 31.6 Å². The van der Waals surface area contributed by atoms with E-state index in [1.807, 2.05) is 6.92 Å². The summed E-state index contributed by atoms with van der Waals surface area (Å²) in [5.74, 6) is 0.427. The Hall–Kier alpha value is -0.800. The Morgan fingerprint density at radius 3 is 2.75 bits per heavy atom. The third kappa shape index (κ3) is 2.09. The van der Waals surface area contributed by atoms with Crippen molar-refractivity contribution in [1.29, 1.82) is 0 Å². The molecule has 0 fully saturated rings. The van der Waals surface area contributed by atoms with Crippen LogP contribution in [0.4, 0.5) is 0 Å². The molecule has 1 rings (SSSR count). The normalized spacial score (nSPS) is 15.9. The number of rotatable bonds is 4. The molecule has 1 aromatic rings. The molecule has 0 spiro atoms. The van der Waals surface area contributed by atoms with Crippen molar-refractivity contribution in [3.63, 3.8) is 0 Å². The highest BCUT2D eigenvalue weighted by Crippen LogP contribution is 2.19.